The Labute approximate surface area is 174 Å². The summed E-state index contributed by atoms with van der Waals surface area (Å²) in [6, 6.07) is 21.7. The van der Waals surface area contributed by atoms with Gasteiger partial charge in [-0.3, -0.25) is 14.6 Å². The van der Waals surface area contributed by atoms with Gasteiger partial charge < -0.3 is 4.90 Å². The van der Waals surface area contributed by atoms with Crippen LogP contribution in [0.2, 0.25) is 0 Å². The van der Waals surface area contributed by atoms with Crippen molar-refractivity contribution in [2.75, 3.05) is 45.8 Å². The smallest absolute Gasteiger partial charge is 0.236 e. The number of piperazine rings is 1. The van der Waals surface area contributed by atoms with Gasteiger partial charge in [0.05, 0.1) is 12.6 Å². The lowest BCUT2D eigenvalue weighted by atomic mass is 9.96. The lowest BCUT2D eigenvalue weighted by Gasteiger charge is -2.40. The van der Waals surface area contributed by atoms with Gasteiger partial charge in [0.15, 0.2) is 0 Å². The number of likely N-dealkylation sites (tertiary alicyclic amines) is 1. The molecule has 0 saturated carbocycles. The van der Waals surface area contributed by atoms with E-state index in [0.29, 0.717) is 12.5 Å². The zero-order valence-corrected chi connectivity index (χ0v) is 17.2. The van der Waals surface area contributed by atoms with Gasteiger partial charge >= 0.3 is 0 Å². The number of carbonyl (C=O) groups excluding carboxylic acids is 1. The number of benzene rings is 2. The fourth-order valence-electron chi connectivity index (χ4n) is 4.35. The molecule has 0 unspecified atom stereocenters. The van der Waals surface area contributed by atoms with Crippen molar-refractivity contribution in [2.45, 2.75) is 18.9 Å². The molecule has 2 aromatic rings. The monoisotopic (exact) mass is 399 g/mol. The second kappa shape index (κ2) is 10.1. The quantitative estimate of drug-likeness (QED) is 0.770. The van der Waals surface area contributed by atoms with Crippen LogP contribution < -0.4 is 0 Å². The Morgan fingerprint density at radius 2 is 1.25 bits per heavy atom. The van der Waals surface area contributed by atoms with Gasteiger partial charge in [0.25, 0.3) is 0 Å². The molecule has 4 rings (SSSR count). The first-order valence-electron chi connectivity index (χ1n) is 10.2. The van der Waals surface area contributed by atoms with Crippen molar-refractivity contribution in [1.29, 1.82) is 0 Å². The van der Waals surface area contributed by atoms with E-state index < -0.39 is 0 Å². The normalized spacial score (nSPS) is 18.2. The summed E-state index contributed by atoms with van der Waals surface area (Å²) >= 11 is 0. The number of hydrogen-bond acceptors (Lipinski definition) is 3. The summed E-state index contributed by atoms with van der Waals surface area (Å²) in [6.45, 7) is 6.23. The Morgan fingerprint density at radius 3 is 1.75 bits per heavy atom. The van der Waals surface area contributed by atoms with E-state index in [4.69, 9.17) is 0 Å². The van der Waals surface area contributed by atoms with E-state index in [1.807, 2.05) is 0 Å². The van der Waals surface area contributed by atoms with Crippen molar-refractivity contribution >= 4 is 18.3 Å². The SMILES string of the molecule is Cl.O=C(CN1CCCC1)N1CCN(C(c2ccccc2)c2ccccc2)CC1. The summed E-state index contributed by atoms with van der Waals surface area (Å²) in [6.07, 6.45) is 2.47. The third kappa shape index (κ3) is 4.93. The van der Waals surface area contributed by atoms with Crippen LogP contribution >= 0.6 is 12.4 Å². The van der Waals surface area contributed by atoms with Gasteiger partial charge in [-0.05, 0) is 37.1 Å². The number of hydrogen-bond donors (Lipinski definition) is 0. The number of halogens is 1. The second-order valence-electron chi connectivity index (χ2n) is 7.62. The Morgan fingerprint density at radius 1 is 0.750 bits per heavy atom. The van der Waals surface area contributed by atoms with E-state index in [9.17, 15) is 4.79 Å². The Kier molecular flexibility index (Phi) is 7.49. The summed E-state index contributed by atoms with van der Waals surface area (Å²) in [5, 5.41) is 0. The van der Waals surface area contributed by atoms with Crippen LogP contribution in [-0.4, -0.2) is 66.4 Å². The van der Waals surface area contributed by atoms with Crippen molar-refractivity contribution in [3.63, 3.8) is 0 Å². The van der Waals surface area contributed by atoms with Gasteiger partial charge in [0.2, 0.25) is 5.91 Å². The predicted molar refractivity (Wildman–Crippen MR) is 116 cm³/mol. The third-order valence-corrected chi connectivity index (χ3v) is 5.82. The summed E-state index contributed by atoms with van der Waals surface area (Å²) in [7, 11) is 0. The third-order valence-electron chi connectivity index (χ3n) is 5.82. The minimum absolute atomic E-state index is 0. The molecule has 5 heteroatoms. The van der Waals surface area contributed by atoms with Crippen molar-refractivity contribution in [2.24, 2.45) is 0 Å². The molecular weight excluding hydrogens is 370 g/mol. The summed E-state index contributed by atoms with van der Waals surface area (Å²) in [5.74, 6) is 0.299. The predicted octanol–water partition coefficient (Wildman–Crippen LogP) is 3.44. The second-order valence-corrected chi connectivity index (χ2v) is 7.62. The first-order valence-corrected chi connectivity index (χ1v) is 10.2. The highest BCUT2D eigenvalue weighted by Gasteiger charge is 2.28. The summed E-state index contributed by atoms with van der Waals surface area (Å²) in [4.78, 5) is 19.5. The highest BCUT2D eigenvalue weighted by atomic mass is 35.5. The van der Waals surface area contributed by atoms with E-state index in [1.165, 1.54) is 24.0 Å². The van der Waals surface area contributed by atoms with Crippen molar-refractivity contribution in [1.82, 2.24) is 14.7 Å². The molecular formula is C23H30ClN3O. The van der Waals surface area contributed by atoms with E-state index >= 15 is 0 Å². The van der Waals surface area contributed by atoms with Crippen molar-refractivity contribution < 1.29 is 4.79 Å². The highest BCUT2D eigenvalue weighted by Crippen LogP contribution is 2.29. The molecule has 1 amide bonds. The molecule has 0 N–H and O–H groups in total. The van der Waals surface area contributed by atoms with E-state index in [-0.39, 0.29) is 18.4 Å². The zero-order chi connectivity index (χ0) is 18.5. The van der Waals surface area contributed by atoms with Crippen molar-refractivity contribution in [3.8, 4) is 0 Å². The van der Waals surface area contributed by atoms with Crippen molar-refractivity contribution in [3.05, 3.63) is 71.8 Å². The van der Waals surface area contributed by atoms with Crippen LogP contribution in [0, 0.1) is 0 Å². The lowest BCUT2D eigenvalue weighted by Crippen LogP contribution is -2.51. The van der Waals surface area contributed by atoms with Gasteiger partial charge in [-0.2, -0.15) is 0 Å². The van der Waals surface area contributed by atoms with Gasteiger partial charge in [0.1, 0.15) is 0 Å². The molecule has 0 bridgehead atoms. The van der Waals surface area contributed by atoms with Crippen LogP contribution in [0.4, 0.5) is 0 Å². The highest BCUT2D eigenvalue weighted by molar-refractivity contribution is 5.85. The molecule has 0 spiro atoms. The number of rotatable bonds is 5. The minimum Gasteiger partial charge on any atom is -0.339 e. The molecule has 4 nitrogen and oxygen atoms in total. The topological polar surface area (TPSA) is 26.8 Å². The Balaban J connectivity index is 0.00000225. The molecule has 2 aromatic carbocycles. The van der Waals surface area contributed by atoms with Crippen LogP contribution in [0.5, 0.6) is 0 Å². The zero-order valence-electron chi connectivity index (χ0n) is 16.4. The number of nitrogens with zero attached hydrogens (tertiary/aromatic N) is 3. The van der Waals surface area contributed by atoms with Crippen LogP contribution in [0.3, 0.4) is 0 Å². The Hall–Kier alpha value is -1.88. The molecule has 2 aliphatic heterocycles. The molecule has 0 atom stereocenters. The maximum absolute atomic E-state index is 12.6. The fourth-order valence-corrected chi connectivity index (χ4v) is 4.35. The average molecular weight is 400 g/mol. The van der Waals surface area contributed by atoms with E-state index in [2.05, 4.69) is 75.4 Å². The molecule has 0 radical (unpaired) electrons. The minimum atomic E-state index is 0. The van der Waals surface area contributed by atoms with Crippen LogP contribution in [-0.2, 0) is 4.79 Å². The van der Waals surface area contributed by atoms with Crippen LogP contribution in [0.1, 0.15) is 30.0 Å². The largest absolute Gasteiger partial charge is 0.339 e. The van der Waals surface area contributed by atoms with E-state index in [1.54, 1.807) is 0 Å². The van der Waals surface area contributed by atoms with E-state index in [0.717, 1.165) is 39.3 Å². The molecule has 2 fully saturated rings. The fraction of sp³-hybridized carbons (Fsp3) is 0.435. The molecule has 150 valence electrons. The maximum atomic E-state index is 12.6. The molecule has 28 heavy (non-hydrogen) atoms. The first kappa shape index (κ1) is 20.8. The molecule has 0 aromatic heterocycles. The molecule has 2 saturated heterocycles. The number of amides is 1. The molecule has 2 aliphatic rings. The van der Waals surface area contributed by atoms with Gasteiger partial charge in [-0.15, -0.1) is 12.4 Å². The number of carbonyl (C=O) groups is 1. The Bertz CT molecular complexity index is 687. The van der Waals surface area contributed by atoms with Gasteiger partial charge in [-0.1, -0.05) is 60.7 Å². The lowest BCUT2D eigenvalue weighted by molar-refractivity contribution is -0.134. The first-order chi connectivity index (χ1) is 13.3. The molecule has 2 heterocycles. The van der Waals surface area contributed by atoms with Crippen LogP contribution in [0.25, 0.3) is 0 Å². The summed E-state index contributed by atoms with van der Waals surface area (Å²) in [5.41, 5.74) is 2.64. The summed E-state index contributed by atoms with van der Waals surface area (Å²) < 4.78 is 0. The maximum Gasteiger partial charge on any atom is 0.236 e. The van der Waals surface area contributed by atoms with Crippen LogP contribution in [0.15, 0.2) is 60.7 Å². The van der Waals surface area contributed by atoms with Gasteiger partial charge in [-0.25, -0.2) is 0 Å². The van der Waals surface area contributed by atoms with Gasteiger partial charge in [0, 0.05) is 26.2 Å². The molecule has 0 aliphatic carbocycles. The standard InChI is InChI=1S/C23H29N3O.ClH/c27-22(19-24-13-7-8-14-24)25-15-17-26(18-16-25)23(20-9-3-1-4-10-20)21-11-5-2-6-12-21;/h1-6,9-12,23H,7-8,13-19H2;1H. The average Bonchev–Trinajstić information content (AvgIpc) is 3.23.